The van der Waals surface area contributed by atoms with E-state index in [1.807, 2.05) is 6.08 Å². The third-order valence-corrected chi connectivity index (χ3v) is 17.0. The maximum atomic E-state index is 13.5. The molecule has 0 aliphatic carbocycles. The van der Waals surface area contributed by atoms with Crippen molar-refractivity contribution >= 4 is 11.9 Å². The third-order valence-electron chi connectivity index (χ3n) is 17.0. The molecule has 0 radical (unpaired) electrons. The number of aliphatic hydroxyl groups excluding tert-OH is 5. The highest BCUT2D eigenvalue weighted by atomic mass is 16.7. The van der Waals surface area contributed by atoms with Crippen LogP contribution in [0.2, 0.25) is 0 Å². The van der Waals surface area contributed by atoms with Crippen molar-refractivity contribution in [2.75, 3.05) is 13.2 Å². The van der Waals surface area contributed by atoms with Crippen LogP contribution < -0.4 is 5.32 Å². The molecule has 8 atom stereocenters. The monoisotopic (exact) mass is 1190 g/mol. The molecular weight excluding hydrogens is 1050 g/mol. The summed E-state index contributed by atoms with van der Waals surface area (Å²) in [6.45, 7) is 5.80. The number of amides is 1. The van der Waals surface area contributed by atoms with Gasteiger partial charge in [-0.15, -0.1) is 0 Å². The molecule has 1 fully saturated rings. The fourth-order valence-corrected chi connectivity index (χ4v) is 11.3. The normalized spacial score (nSPS) is 18.7. The second kappa shape index (κ2) is 60.9. The summed E-state index contributed by atoms with van der Waals surface area (Å²) in [6.07, 6.45) is 65.9. The number of carbonyl (C=O) groups is 2. The van der Waals surface area contributed by atoms with Gasteiger partial charge >= 0.3 is 5.97 Å². The molecule has 0 aromatic rings. The van der Waals surface area contributed by atoms with Crippen LogP contribution in [0.1, 0.15) is 342 Å². The lowest BCUT2D eigenvalue weighted by atomic mass is 9.99. The van der Waals surface area contributed by atoms with E-state index in [1.165, 1.54) is 218 Å². The minimum absolute atomic E-state index is 0.116. The lowest BCUT2D eigenvalue weighted by molar-refractivity contribution is -0.305. The van der Waals surface area contributed by atoms with Gasteiger partial charge in [0.1, 0.15) is 24.4 Å². The topological polar surface area (TPSA) is 175 Å². The number of aliphatic hydroxyl groups is 5. The first-order chi connectivity index (χ1) is 41.2. The van der Waals surface area contributed by atoms with E-state index >= 15 is 0 Å². The lowest BCUT2D eigenvalue weighted by Crippen LogP contribution is -2.61. The van der Waals surface area contributed by atoms with Crippen LogP contribution in [0, 0.1) is 0 Å². The minimum Gasteiger partial charge on any atom is -0.454 e. The number of hydrogen-bond donors (Lipinski definition) is 6. The van der Waals surface area contributed by atoms with Gasteiger partial charge in [0, 0.05) is 6.42 Å². The van der Waals surface area contributed by atoms with E-state index in [9.17, 15) is 35.1 Å². The highest BCUT2D eigenvalue weighted by Crippen LogP contribution is 2.26. The Labute approximate surface area is 516 Å². The molecule has 11 nitrogen and oxygen atoms in total. The van der Waals surface area contributed by atoms with Crippen molar-refractivity contribution in [1.82, 2.24) is 5.32 Å². The van der Waals surface area contributed by atoms with Crippen LogP contribution in [-0.4, -0.2) is 99.6 Å². The number of esters is 1. The largest absolute Gasteiger partial charge is 0.454 e. The predicted octanol–water partition coefficient (Wildman–Crippen LogP) is 18.3. The highest BCUT2D eigenvalue weighted by Gasteiger charge is 2.47. The van der Waals surface area contributed by atoms with Gasteiger partial charge in [0.25, 0.3) is 0 Å². The van der Waals surface area contributed by atoms with Crippen LogP contribution in [0.5, 0.6) is 0 Å². The number of hydrogen-bond acceptors (Lipinski definition) is 10. The van der Waals surface area contributed by atoms with Gasteiger partial charge in [0.15, 0.2) is 12.4 Å². The molecular formula is C73H135NO10. The molecule has 1 amide bonds. The molecule has 11 heteroatoms. The first-order valence-corrected chi connectivity index (χ1v) is 35.9. The second-order valence-electron chi connectivity index (χ2n) is 25.0. The van der Waals surface area contributed by atoms with Gasteiger partial charge in [-0.1, -0.05) is 301 Å². The Morgan fingerprint density at radius 1 is 0.464 bits per heavy atom. The summed E-state index contributed by atoms with van der Waals surface area (Å²) >= 11 is 0. The van der Waals surface area contributed by atoms with E-state index in [4.69, 9.17) is 14.2 Å². The molecule has 1 rings (SSSR count). The maximum Gasteiger partial charge on any atom is 0.306 e. The fourth-order valence-electron chi connectivity index (χ4n) is 11.3. The van der Waals surface area contributed by atoms with E-state index in [2.05, 4.69) is 62.5 Å². The average Bonchev–Trinajstić information content (AvgIpc) is 3.69. The van der Waals surface area contributed by atoms with Crippen molar-refractivity contribution < 1.29 is 49.3 Å². The standard InChI is InChI=1S/C73H135NO10/c1-4-7-10-13-16-19-22-25-27-29-30-31-32-33-34-35-36-37-39-40-42-45-48-51-54-57-60-66(77)72(81)74-64(65(76)59-56-53-50-47-44-24-21-18-15-12-9-6-3)63-82-73-71(70(80)69(79)67(62-75)83-73)84-68(78)61-58-55-52-49-46-43-41-38-28-26-23-20-17-14-11-8-5-2/h17,20,25-28,56,59,64-67,69-71,73,75-77,79-80H,4-16,18-19,21-24,29-55,57-58,60-63H2,1-3H3,(H,74,81)/b20-17-,27-25+,28-26-,59-56+. The van der Waals surface area contributed by atoms with Crippen LogP contribution in [0.3, 0.4) is 0 Å². The lowest BCUT2D eigenvalue weighted by Gasteiger charge is -2.41. The summed E-state index contributed by atoms with van der Waals surface area (Å²) in [6, 6.07) is -1.02. The van der Waals surface area contributed by atoms with Gasteiger partial charge in [-0.25, -0.2) is 0 Å². The zero-order valence-electron chi connectivity index (χ0n) is 54.8. The summed E-state index contributed by atoms with van der Waals surface area (Å²) in [5, 5.41) is 57.2. The summed E-state index contributed by atoms with van der Waals surface area (Å²) in [7, 11) is 0. The molecule has 0 saturated carbocycles. The van der Waals surface area contributed by atoms with Crippen molar-refractivity contribution in [1.29, 1.82) is 0 Å². The Kier molecular flexibility index (Phi) is 57.7. The van der Waals surface area contributed by atoms with Crippen LogP contribution in [0.25, 0.3) is 0 Å². The zero-order chi connectivity index (χ0) is 61.0. The van der Waals surface area contributed by atoms with E-state index in [1.54, 1.807) is 6.08 Å². The molecule has 0 aromatic carbocycles. The summed E-state index contributed by atoms with van der Waals surface area (Å²) in [5.74, 6) is -1.19. The summed E-state index contributed by atoms with van der Waals surface area (Å²) < 4.78 is 17.7. The Balaban J connectivity index is 2.55. The van der Waals surface area contributed by atoms with Gasteiger partial charge in [-0.05, 0) is 83.5 Å². The van der Waals surface area contributed by atoms with Crippen LogP contribution in [0.15, 0.2) is 48.6 Å². The molecule has 0 bridgehead atoms. The third kappa shape index (κ3) is 47.7. The molecule has 1 heterocycles. The molecule has 492 valence electrons. The number of rotatable bonds is 62. The van der Waals surface area contributed by atoms with Crippen LogP contribution in [-0.2, 0) is 23.8 Å². The van der Waals surface area contributed by atoms with E-state index in [0.29, 0.717) is 19.3 Å². The molecule has 6 N–H and O–H groups in total. The smallest absolute Gasteiger partial charge is 0.306 e. The Morgan fingerprint density at radius 3 is 1.25 bits per heavy atom. The molecule has 0 aromatic heterocycles. The first-order valence-electron chi connectivity index (χ1n) is 35.9. The Hall–Kier alpha value is -2.38. The van der Waals surface area contributed by atoms with Crippen molar-refractivity contribution in [3.8, 4) is 0 Å². The molecule has 84 heavy (non-hydrogen) atoms. The number of nitrogens with one attached hydrogen (secondary N) is 1. The van der Waals surface area contributed by atoms with Crippen LogP contribution >= 0.6 is 0 Å². The predicted molar refractivity (Wildman–Crippen MR) is 352 cm³/mol. The quantitative estimate of drug-likeness (QED) is 0.0195. The minimum atomic E-state index is -1.62. The molecule has 0 spiro atoms. The van der Waals surface area contributed by atoms with E-state index in [-0.39, 0.29) is 13.0 Å². The van der Waals surface area contributed by atoms with Crippen molar-refractivity contribution in [3.05, 3.63) is 48.6 Å². The van der Waals surface area contributed by atoms with Crippen molar-refractivity contribution in [2.24, 2.45) is 0 Å². The molecule has 1 aliphatic heterocycles. The van der Waals surface area contributed by atoms with Gasteiger partial charge in [-0.2, -0.15) is 0 Å². The zero-order valence-corrected chi connectivity index (χ0v) is 54.8. The number of allylic oxidation sites excluding steroid dienone is 7. The molecule has 1 saturated heterocycles. The number of carbonyl (C=O) groups excluding carboxylic acids is 2. The van der Waals surface area contributed by atoms with E-state index < -0.39 is 67.4 Å². The summed E-state index contributed by atoms with van der Waals surface area (Å²) in [5.41, 5.74) is 0. The SMILES string of the molecule is CCCCC/C=C\C/C=C\CCCCCCCCCC(=O)OC1C(OCC(NC(=O)C(O)CCCCCCCCCCCCCCCCCC/C=C/CCCCCCCC)C(O)/C=C/CCCCCCCCCCCC)OC(CO)C(O)C1O. The Bertz CT molecular complexity index is 1550. The highest BCUT2D eigenvalue weighted by molar-refractivity contribution is 5.80. The maximum absolute atomic E-state index is 13.5. The number of ether oxygens (including phenoxy) is 3. The fraction of sp³-hybridized carbons (Fsp3) is 0.863. The van der Waals surface area contributed by atoms with Gasteiger partial charge < -0.3 is 45.1 Å². The molecule has 8 unspecified atom stereocenters. The number of unbranched alkanes of at least 4 members (excludes halogenated alkanes) is 42. The van der Waals surface area contributed by atoms with Gasteiger partial charge in [-0.3, -0.25) is 9.59 Å². The molecule has 1 aliphatic rings. The second-order valence-corrected chi connectivity index (χ2v) is 25.0. The van der Waals surface area contributed by atoms with E-state index in [0.717, 1.165) is 77.0 Å². The van der Waals surface area contributed by atoms with Crippen molar-refractivity contribution in [2.45, 2.75) is 391 Å². The summed E-state index contributed by atoms with van der Waals surface area (Å²) in [4.78, 5) is 26.7. The first kappa shape index (κ1) is 79.6. The Morgan fingerprint density at radius 2 is 0.821 bits per heavy atom. The van der Waals surface area contributed by atoms with Crippen LogP contribution in [0.4, 0.5) is 0 Å². The van der Waals surface area contributed by atoms with Crippen molar-refractivity contribution in [3.63, 3.8) is 0 Å². The van der Waals surface area contributed by atoms with Gasteiger partial charge in [0.2, 0.25) is 5.91 Å². The average molecular weight is 1190 g/mol. The van der Waals surface area contributed by atoms with Gasteiger partial charge in [0.05, 0.1) is 25.4 Å².